The molecular formula is C14H18N2O3. The lowest BCUT2D eigenvalue weighted by Crippen LogP contribution is -2.43. The van der Waals surface area contributed by atoms with Crippen LogP contribution in [0.3, 0.4) is 0 Å². The maximum Gasteiger partial charge on any atom is 0.310 e. The summed E-state index contributed by atoms with van der Waals surface area (Å²) in [5.41, 5.74) is 0.423. The van der Waals surface area contributed by atoms with Crippen molar-refractivity contribution < 1.29 is 14.3 Å². The molecule has 0 radical (unpaired) electrons. The van der Waals surface area contributed by atoms with Crippen molar-refractivity contribution in [3.8, 4) is 0 Å². The summed E-state index contributed by atoms with van der Waals surface area (Å²) in [6.07, 6.45) is 3.20. The molecule has 19 heavy (non-hydrogen) atoms. The largest absolute Gasteiger partial charge is 0.466 e. The average molecular weight is 262 g/mol. The van der Waals surface area contributed by atoms with Crippen LogP contribution in [0.15, 0.2) is 24.4 Å². The van der Waals surface area contributed by atoms with E-state index in [2.05, 4.69) is 4.98 Å². The van der Waals surface area contributed by atoms with Crippen molar-refractivity contribution in [3.63, 3.8) is 0 Å². The van der Waals surface area contributed by atoms with Crippen molar-refractivity contribution in [1.82, 2.24) is 9.88 Å². The fourth-order valence-corrected chi connectivity index (χ4v) is 2.27. The maximum atomic E-state index is 12.2. The third-order valence-electron chi connectivity index (χ3n) is 3.21. The van der Waals surface area contributed by atoms with Gasteiger partial charge in [-0.25, -0.2) is 0 Å². The van der Waals surface area contributed by atoms with Gasteiger partial charge in [0.2, 0.25) is 0 Å². The minimum absolute atomic E-state index is 0.116. The third kappa shape index (κ3) is 3.30. The minimum atomic E-state index is -0.207. The topological polar surface area (TPSA) is 59.5 Å². The highest BCUT2D eigenvalue weighted by Gasteiger charge is 2.30. The van der Waals surface area contributed by atoms with E-state index in [4.69, 9.17) is 4.74 Å². The Hall–Kier alpha value is -1.91. The highest BCUT2D eigenvalue weighted by atomic mass is 16.5. The molecule has 102 valence electrons. The smallest absolute Gasteiger partial charge is 0.310 e. The Labute approximate surface area is 112 Å². The summed E-state index contributed by atoms with van der Waals surface area (Å²) in [5.74, 6) is -0.531. The van der Waals surface area contributed by atoms with E-state index in [0.29, 0.717) is 25.4 Å². The van der Waals surface area contributed by atoms with E-state index in [1.807, 2.05) is 0 Å². The highest BCUT2D eigenvalue weighted by Crippen LogP contribution is 2.19. The van der Waals surface area contributed by atoms with Crippen LogP contribution in [0, 0.1) is 5.92 Å². The molecule has 0 unspecified atom stereocenters. The number of pyridine rings is 1. The molecule has 0 bridgehead atoms. The van der Waals surface area contributed by atoms with Crippen LogP contribution in [0.5, 0.6) is 0 Å². The lowest BCUT2D eigenvalue weighted by atomic mass is 9.98. The third-order valence-corrected chi connectivity index (χ3v) is 3.21. The molecule has 1 saturated heterocycles. The molecule has 1 aromatic heterocycles. The van der Waals surface area contributed by atoms with Crippen LogP contribution in [-0.4, -0.2) is 41.5 Å². The van der Waals surface area contributed by atoms with Crippen LogP contribution in [-0.2, 0) is 9.53 Å². The summed E-state index contributed by atoms with van der Waals surface area (Å²) in [6.45, 7) is 3.26. The molecule has 5 heteroatoms. The van der Waals surface area contributed by atoms with Gasteiger partial charge >= 0.3 is 5.97 Å². The Morgan fingerprint density at radius 1 is 1.47 bits per heavy atom. The summed E-state index contributed by atoms with van der Waals surface area (Å²) in [4.78, 5) is 29.7. The first kappa shape index (κ1) is 13.5. The normalized spacial score (nSPS) is 19.0. The Morgan fingerprint density at radius 3 is 3.00 bits per heavy atom. The van der Waals surface area contributed by atoms with Crippen LogP contribution in [0.25, 0.3) is 0 Å². The van der Waals surface area contributed by atoms with Crippen LogP contribution in [0.4, 0.5) is 0 Å². The zero-order valence-electron chi connectivity index (χ0n) is 11.0. The van der Waals surface area contributed by atoms with E-state index >= 15 is 0 Å². The second-order valence-corrected chi connectivity index (χ2v) is 4.56. The fourth-order valence-electron chi connectivity index (χ4n) is 2.27. The Morgan fingerprint density at radius 2 is 2.32 bits per heavy atom. The van der Waals surface area contributed by atoms with Gasteiger partial charge in [-0.05, 0) is 31.9 Å². The van der Waals surface area contributed by atoms with Crippen LogP contribution in [0.1, 0.15) is 30.3 Å². The molecule has 1 fully saturated rings. The van der Waals surface area contributed by atoms with Gasteiger partial charge in [0, 0.05) is 19.3 Å². The quantitative estimate of drug-likeness (QED) is 0.774. The molecule has 1 atom stereocenters. The molecule has 1 amide bonds. The first-order chi connectivity index (χ1) is 9.22. The molecule has 0 aliphatic carbocycles. The minimum Gasteiger partial charge on any atom is -0.466 e. The average Bonchev–Trinajstić information content (AvgIpc) is 2.48. The zero-order chi connectivity index (χ0) is 13.7. The van der Waals surface area contributed by atoms with Gasteiger partial charge in [-0.2, -0.15) is 0 Å². The first-order valence-electron chi connectivity index (χ1n) is 6.59. The van der Waals surface area contributed by atoms with E-state index < -0.39 is 0 Å². The van der Waals surface area contributed by atoms with E-state index in [1.54, 1.807) is 36.2 Å². The molecule has 1 aliphatic rings. The van der Waals surface area contributed by atoms with Gasteiger partial charge in [-0.15, -0.1) is 0 Å². The number of amides is 1. The Kier molecular flexibility index (Phi) is 4.49. The van der Waals surface area contributed by atoms with Crippen LogP contribution in [0.2, 0.25) is 0 Å². The lowest BCUT2D eigenvalue weighted by Gasteiger charge is -2.31. The summed E-state index contributed by atoms with van der Waals surface area (Å²) < 4.78 is 5.02. The number of likely N-dealkylation sites (tertiary alicyclic amines) is 1. The van der Waals surface area contributed by atoms with Gasteiger partial charge in [-0.1, -0.05) is 6.07 Å². The van der Waals surface area contributed by atoms with Gasteiger partial charge < -0.3 is 9.64 Å². The van der Waals surface area contributed by atoms with Gasteiger partial charge in [0.15, 0.2) is 0 Å². The van der Waals surface area contributed by atoms with Crippen molar-refractivity contribution in [2.75, 3.05) is 19.7 Å². The fraction of sp³-hybridized carbons (Fsp3) is 0.500. The molecule has 1 aliphatic heterocycles. The second kappa shape index (κ2) is 6.31. The lowest BCUT2D eigenvalue weighted by molar-refractivity contribution is -0.149. The summed E-state index contributed by atoms with van der Waals surface area (Å²) in [5, 5.41) is 0. The number of ether oxygens (including phenoxy) is 1. The van der Waals surface area contributed by atoms with Gasteiger partial charge in [-0.3, -0.25) is 14.6 Å². The van der Waals surface area contributed by atoms with Crippen LogP contribution >= 0.6 is 0 Å². The molecule has 0 saturated carbocycles. The number of aromatic nitrogens is 1. The summed E-state index contributed by atoms with van der Waals surface area (Å²) in [7, 11) is 0. The van der Waals surface area contributed by atoms with Crippen molar-refractivity contribution in [3.05, 3.63) is 30.1 Å². The number of carbonyl (C=O) groups is 2. The number of piperidine rings is 1. The van der Waals surface area contributed by atoms with Gasteiger partial charge in [0.05, 0.1) is 12.5 Å². The monoisotopic (exact) mass is 262 g/mol. The molecule has 0 spiro atoms. The van der Waals surface area contributed by atoms with Crippen molar-refractivity contribution in [2.24, 2.45) is 5.92 Å². The van der Waals surface area contributed by atoms with Crippen molar-refractivity contribution in [2.45, 2.75) is 19.8 Å². The highest BCUT2D eigenvalue weighted by molar-refractivity contribution is 5.92. The molecule has 1 aromatic rings. The predicted molar refractivity (Wildman–Crippen MR) is 69.5 cm³/mol. The molecule has 5 nitrogen and oxygen atoms in total. The number of esters is 1. The summed E-state index contributed by atoms with van der Waals surface area (Å²) in [6, 6.07) is 5.25. The molecular weight excluding hydrogens is 244 g/mol. The Bertz CT molecular complexity index is 447. The zero-order valence-corrected chi connectivity index (χ0v) is 11.0. The second-order valence-electron chi connectivity index (χ2n) is 4.56. The number of hydrogen-bond donors (Lipinski definition) is 0. The SMILES string of the molecule is CCOC(=O)[C@@H]1CCCN(C(=O)c2ccccn2)C1. The molecule has 0 aromatic carbocycles. The Balaban J connectivity index is 2.01. The molecule has 2 heterocycles. The predicted octanol–water partition coefficient (Wildman–Crippen LogP) is 1.50. The molecule has 2 rings (SSSR count). The first-order valence-corrected chi connectivity index (χ1v) is 6.59. The van der Waals surface area contributed by atoms with E-state index in [-0.39, 0.29) is 17.8 Å². The number of nitrogens with zero attached hydrogens (tertiary/aromatic N) is 2. The summed E-state index contributed by atoms with van der Waals surface area (Å²) >= 11 is 0. The van der Waals surface area contributed by atoms with Gasteiger partial charge in [0.1, 0.15) is 5.69 Å². The van der Waals surface area contributed by atoms with E-state index in [0.717, 1.165) is 12.8 Å². The van der Waals surface area contributed by atoms with Crippen LogP contribution < -0.4 is 0 Å². The van der Waals surface area contributed by atoms with Gasteiger partial charge in [0.25, 0.3) is 5.91 Å². The van der Waals surface area contributed by atoms with E-state index in [9.17, 15) is 9.59 Å². The van der Waals surface area contributed by atoms with Crippen molar-refractivity contribution >= 4 is 11.9 Å². The number of hydrogen-bond acceptors (Lipinski definition) is 4. The number of rotatable bonds is 3. The molecule has 0 N–H and O–H groups in total. The van der Waals surface area contributed by atoms with Crippen molar-refractivity contribution in [1.29, 1.82) is 0 Å². The number of carbonyl (C=O) groups excluding carboxylic acids is 2. The maximum absolute atomic E-state index is 12.2. The standard InChI is InChI=1S/C14H18N2O3/c1-2-19-14(18)11-6-5-9-16(10-11)13(17)12-7-3-4-8-15-12/h3-4,7-8,11H,2,5-6,9-10H2,1H3/t11-/m1/s1. The van der Waals surface area contributed by atoms with E-state index in [1.165, 1.54) is 0 Å².